The molecular weight excluding hydrogens is 329 g/mol. The molecule has 0 aromatic heterocycles. The van der Waals surface area contributed by atoms with E-state index >= 15 is 0 Å². The second-order valence-electron chi connectivity index (χ2n) is 5.47. The molecule has 2 bridgehead atoms. The van der Waals surface area contributed by atoms with E-state index in [1.807, 2.05) is 0 Å². The molecule has 0 saturated carbocycles. The third-order valence-corrected chi connectivity index (χ3v) is 6.22. The van der Waals surface area contributed by atoms with Crippen molar-refractivity contribution in [3.05, 3.63) is 29.6 Å². The van der Waals surface area contributed by atoms with Gasteiger partial charge in [-0.1, -0.05) is 0 Å². The van der Waals surface area contributed by atoms with Gasteiger partial charge in [-0.25, -0.2) is 12.8 Å². The van der Waals surface area contributed by atoms with E-state index in [1.165, 1.54) is 6.07 Å². The summed E-state index contributed by atoms with van der Waals surface area (Å²) < 4.78 is 40.6. The molecule has 2 heterocycles. The Bertz CT molecular complexity index is 691. The smallest absolute Gasteiger partial charge is 0.243 e. The lowest BCUT2D eigenvalue weighted by Gasteiger charge is -2.26. The monoisotopic (exact) mass is 345 g/mol. The van der Waals surface area contributed by atoms with Gasteiger partial charge in [0.25, 0.3) is 0 Å². The second kappa shape index (κ2) is 6.50. The van der Waals surface area contributed by atoms with Gasteiger partial charge >= 0.3 is 0 Å². The molecular formula is C14H17ClFN3O2S. The van der Waals surface area contributed by atoms with Crippen molar-refractivity contribution in [2.24, 2.45) is 0 Å². The first kappa shape index (κ1) is 17.2. The first-order valence-electron chi connectivity index (χ1n) is 6.98. The lowest BCUT2D eigenvalue weighted by Crippen LogP contribution is -2.42. The van der Waals surface area contributed by atoms with Gasteiger partial charge in [0.15, 0.2) is 0 Å². The fraction of sp³-hybridized carbons (Fsp3) is 0.500. The third-order valence-electron chi connectivity index (χ3n) is 4.22. The zero-order chi connectivity index (χ0) is 15.0. The molecule has 2 aliphatic heterocycles. The van der Waals surface area contributed by atoms with Crippen molar-refractivity contribution in [3.8, 4) is 6.07 Å². The van der Waals surface area contributed by atoms with E-state index in [4.69, 9.17) is 5.26 Å². The summed E-state index contributed by atoms with van der Waals surface area (Å²) in [5.74, 6) is -0.697. The number of benzene rings is 1. The van der Waals surface area contributed by atoms with Crippen molar-refractivity contribution >= 4 is 22.4 Å². The minimum atomic E-state index is -3.70. The summed E-state index contributed by atoms with van der Waals surface area (Å²) in [6.45, 7) is 1.45. The Labute approximate surface area is 135 Å². The third kappa shape index (κ3) is 2.84. The van der Waals surface area contributed by atoms with Crippen molar-refractivity contribution in [2.75, 3.05) is 13.1 Å². The standard InChI is InChI=1S/C14H16FN3O2S.ClH/c15-14-4-3-13(7-10(14)8-16)21(19,20)18-11-1-2-12(18)9-17-6-5-11;/h3-4,7,11-12,17H,1-2,5-6,9H2;1H. The van der Waals surface area contributed by atoms with Gasteiger partial charge in [0.05, 0.1) is 10.5 Å². The number of nitrogens with zero attached hydrogens (tertiary/aromatic N) is 2. The Morgan fingerprint density at radius 3 is 2.73 bits per heavy atom. The molecule has 120 valence electrons. The summed E-state index contributed by atoms with van der Waals surface area (Å²) in [4.78, 5) is -0.000694. The fourth-order valence-electron chi connectivity index (χ4n) is 3.20. The van der Waals surface area contributed by atoms with E-state index in [0.717, 1.165) is 37.9 Å². The Kier molecular flexibility index (Phi) is 5.07. The van der Waals surface area contributed by atoms with Crippen molar-refractivity contribution in [1.29, 1.82) is 5.26 Å². The summed E-state index contributed by atoms with van der Waals surface area (Å²) in [5.41, 5.74) is -0.239. The lowest BCUT2D eigenvalue weighted by molar-refractivity contribution is 0.334. The van der Waals surface area contributed by atoms with E-state index in [1.54, 1.807) is 10.4 Å². The van der Waals surface area contributed by atoms with Crippen LogP contribution in [0.3, 0.4) is 0 Å². The molecule has 2 aliphatic rings. The maximum atomic E-state index is 13.4. The number of hydrogen-bond donors (Lipinski definition) is 1. The van der Waals surface area contributed by atoms with E-state index in [0.29, 0.717) is 6.54 Å². The number of sulfonamides is 1. The van der Waals surface area contributed by atoms with Crippen LogP contribution in [0.2, 0.25) is 0 Å². The van der Waals surface area contributed by atoms with Crippen LogP contribution < -0.4 is 5.32 Å². The van der Waals surface area contributed by atoms with Crippen molar-refractivity contribution in [1.82, 2.24) is 9.62 Å². The van der Waals surface area contributed by atoms with Crippen LogP contribution in [0.25, 0.3) is 0 Å². The van der Waals surface area contributed by atoms with Gasteiger partial charge in [-0.05, 0) is 44.0 Å². The van der Waals surface area contributed by atoms with Crippen molar-refractivity contribution in [2.45, 2.75) is 36.2 Å². The Balaban J connectivity index is 0.00000176. The number of nitriles is 1. The summed E-state index contributed by atoms with van der Waals surface area (Å²) in [7, 11) is -3.70. The molecule has 8 heteroatoms. The van der Waals surface area contributed by atoms with Crippen LogP contribution in [0, 0.1) is 17.1 Å². The second-order valence-corrected chi connectivity index (χ2v) is 7.31. The molecule has 0 spiro atoms. The highest BCUT2D eigenvalue weighted by Crippen LogP contribution is 2.34. The quantitative estimate of drug-likeness (QED) is 0.884. The van der Waals surface area contributed by atoms with E-state index in [9.17, 15) is 12.8 Å². The maximum absolute atomic E-state index is 13.4. The number of nitrogens with one attached hydrogen (secondary N) is 1. The van der Waals surface area contributed by atoms with Gasteiger partial charge in [-0.3, -0.25) is 0 Å². The summed E-state index contributed by atoms with van der Waals surface area (Å²) in [5, 5.41) is 12.1. The van der Waals surface area contributed by atoms with Gasteiger partial charge < -0.3 is 5.32 Å². The Morgan fingerprint density at radius 1 is 1.27 bits per heavy atom. The minimum absolute atomic E-state index is 0. The molecule has 5 nitrogen and oxygen atoms in total. The number of halogens is 2. The SMILES string of the molecule is Cl.N#Cc1cc(S(=O)(=O)N2C3CCNCC2CC3)ccc1F. The van der Waals surface area contributed by atoms with Crippen molar-refractivity contribution in [3.63, 3.8) is 0 Å². The Hall–Kier alpha value is -1.20. The first-order valence-corrected chi connectivity index (χ1v) is 8.42. The average molecular weight is 346 g/mol. The zero-order valence-corrected chi connectivity index (χ0v) is 13.5. The van der Waals surface area contributed by atoms with Crippen molar-refractivity contribution < 1.29 is 12.8 Å². The molecule has 2 atom stereocenters. The highest BCUT2D eigenvalue weighted by molar-refractivity contribution is 7.89. The predicted octanol–water partition coefficient (Wildman–Crippen LogP) is 1.63. The minimum Gasteiger partial charge on any atom is -0.315 e. The van der Waals surface area contributed by atoms with Gasteiger partial charge in [-0.15, -0.1) is 12.4 Å². The first-order chi connectivity index (χ1) is 10.0. The maximum Gasteiger partial charge on any atom is 0.243 e. The van der Waals surface area contributed by atoms with Crippen LogP contribution in [0.5, 0.6) is 0 Å². The molecule has 22 heavy (non-hydrogen) atoms. The number of rotatable bonds is 2. The van der Waals surface area contributed by atoms with Crippen LogP contribution in [-0.4, -0.2) is 37.9 Å². The van der Waals surface area contributed by atoms with E-state index < -0.39 is 15.8 Å². The molecule has 3 rings (SSSR count). The van der Waals surface area contributed by atoms with Gasteiger partial charge in [0.1, 0.15) is 11.9 Å². The molecule has 2 saturated heterocycles. The average Bonchev–Trinajstić information content (AvgIpc) is 2.73. The van der Waals surface area contributed by atoms with Crippen LogP contribution in [0.15, 0.2) is 23.1 Å². The number of fused-ring (bicyclic) bond motifs is 2. The van der Waals surface area contributed by atoms with Crippen LogP contribution in [0.4, 0.5) is 4.39 Å². The molecule has 2 fully saturated rings. The van der Waals surface area contributed by atoms with Crippen LogP contribution in [-0.2, 0) is 10.0 Å². The number of hydrogen-bond acceptors (Lipinski definition) is 4. The highest BCUT2D eigenvalue weighted by Gasteiger charge is 2.43. The summed E-state index contributed by atoms with van der Waals surface area (Å²) in [6, 6.07) is 5.04. The van der Waals surface area contributed by atoms with Gasteiger partial charge in [0, 0.05) is 18.6 Å². The molecule has 0 radical (unpaired) electrons. The molecule has 0 aliphatic carbocycles. The lowest BCUT2D eigenvalue weighted by atomic mass is 10.1. The summed E-state index contributed by atoms with van der Waals surface area (Å²) in [6.07, 6.45) is 2.48. The molecule has 1 N–H and O–H groups in total. The highest BCUT2D eigenvalue weighted by atomic mass is 35.5. The summed E-state index contributed by atoms with van der Waals surface area (Å²) >= 11 is 0. The largest absolute Gasteiger partial charge is 0.315 e. The molecule has 0 amide bonds. The van der Waals surface area contributed by atoms with Crippen LogP contribution in [0.1, 0.15) is 24.8 Å². The fourth-order valence-corrected chi connectivity index (χ4v) is 5.13. The van der Waals surface area contributed by atoms with Gasteiger partial charge in [0.2, 0.25) is 10.0 Å². The topological polar surface area (TPSA) is 73.2 Å². The predicted molar refractivity (Wildman–Crippen MR) is 81.7 cm³/mol. The van der Waals surface area contributed by atoms with Crippen LogP contribution >= 0.6 is 12.4 Å². The molecule has 1 aromatic rings. The zero-order valence-electron chi connectivity index (χ0n) is 11.8. The molecule has 1 aromatic carbocycles. The normalized spacial score (nSPS) is 25.1. The Morgan fingerprint density at radius 2 is 2.00 bits per heavy atom. The van der Waals surface area contributed by atoms with E-state index in [-0.39, 0.29) is 34.9 Å². The molecule has 2 unspecified atom stereocenters. The van der Waals surface area contributed by atoms with Gasteiger partial charge in [-0.2, -0.15) is 9.57 Å². The van der Waals surface area contributed by atoms with E-state index in [2.05, 4.69) is 5.32 Å².